The number of carbonyl (C=O) groups excluding carboxylic acids is 1. The normalized spacial score (nSPS) is 10.8. The average Bonchev–Trinajstić information content (AvgIpc) is 3.00. The Kier molecular flexibility index (Phi) is 2.90. The van der Waals surface area contributed by atoms with Gasteiger partial charge in [-0.15, -0.1) is 0 Å². The summed E-state index contributed by atoms with van der Waals surface area (Å²) in [5.74, 6) is -0.117. The van der Waals surface area contributed by atoms with Crippen molar-refractivity contribution < 1.29 is 4.79 Å². The fraction of sp³-hybridized carbons (Fsp3) is 0.143. The summed E-state index contributed by atoms with van der Waals surface area (Å²) in [5.41, 5.74) is 2.82. The smallest absolute Gasteiger partial charge is 0.323 e. The zero-order valence-corrected chi connectivity index (χ0v) is 10.9. The maximum Gasteiger partial charge on any atom is 0.323 e. The van der Waals surface area contributed by atoms with Crippen LogP contribution in [0.15, 0.2) is 41.5 Å². The van der Waals surface area contributed by atoms with Gasteiger partial charge in [0.15, 0.2) is 0 Å². The van der Waals surface area contributed by atoms with Crippen LogP contribution in [0.3, 0.4) is 0 Å². The molecule has 0 aliphatic carbocycles. The highest BCUT2D eigenvalue weighted by Crippen LogP contribution is 2.10. The van der Waals surface area contributed by atoms with Crippen LogP contribution in [0.5, 0.6) is 0 Å². The molecule has 0 unspecified atom stereocenters. The summed E-state index contributed by atoms with van der Waals surface area (Å²) >= 11 is 0. The molecule has 3 aromatic rings. The van der Waals surface area contributed by atoms with Crippen LogP contribution in [-0.4, -0.2) is 20.4 Å². The summed E-state index contributed by atoms with van der Waals surface area (Å²) in [4.78, 5) is 28.5. The lowest BCUT2D eigenvalue weighted by atomic mass is 10.2. The van der Waals surface area contributed by atoms with Gasteiger partial charge in [-0.2, -0.15) is 0 Å². The number of aryl methyl sites for hydroxylation is 1. The van der Waals surface area contributed by atoms with E-state index in [1.807, 2.05) is 36.0 Å². The van der Waals surface area contributed by atoms with Crippen LogP contribution >= 0.6 is 0 Å². The molecule has 3 rings (SSSR count). The van der Waals surface area contributed by atoms with Crippen LogP contribution < -0.4 is 11.0 Å². The zero-order chi connectivity index (χ0) is 14.1. The SMILES string of the molecule is Cn1ccc(C(=O)NCc2ccc3[nH]c(=O)[nH]c3c2)c1. The molecule has 0 aliphatic heterocycles. The van der Waals surface area contributed by atoms with Crippen molar-refractivity contribution in [2.24, 2.45) is 7.05 Å². The summed E-state index contributed by atoms with van der Waals surface area (Å²) in [6.07, 6.45) is 3.59. The number of benzene rings is 1. The molecule has 1 aromatic carbocycles. The molecule has 1 amide bonds. The maximum atomic E-state index is 11.9. The standard InChI is InChI=1S/C14H14N4O2/c1-18-5-4-10(8-18)13(19)15-7-9-2-3-11-12(6-9)17-14(20)16-11/h2-6,8H,7H2,1H3,(H,15,19)(H2,16,17,20). The molecule has 0 spiro atoms. The summed E-state index contributed by atoms with van der Waals surface area (Å²) in [5, 5.41) is 2.85. The lowest BCUT2D eigenvalue weighted by Gasteiger charge is -2.04. The largest absolute Gasteiger partial charge is 0.356 e. The van der Waals surface area contributed by atoms with E-state index in [1.54, 1.807) is 12.3 Å². The first-order valence-corrected chi connectivity index (χ1v) is 6.23. The third-order valence-corrected chi connectivity index (χ3v) is 3.13. The first-order chi connectivity index (χ1) is 9.61. The number of aromatic nitrogens is 3. The summed E-state index contributed by atoms with van der Waals surface area (Å²) in [6, 6.07) is 7.30. The molecule has 20 heavy (non-hydrogen) atoms. The highest BCUT2D eigenvalue weighted by molar-refractivity contribution is 5.94. The van der Waals surface area contributed by atoms with Gasteiger partial charge in [0.1, 0.15) is 0 Å². The predicted molar refractivity (Wildman–Crippen MR) is 75.5 cm³/mol. The lowest BCUT2D eigenvalue weighted by Crippen LogP contribution is -2.22. The molecule has 0 saturated carbocycles. The quantitative estimate of drug-likeness (QED) is 0.666. The Morgan fingerprint density at radius 3 is 2.80 bits per heavy atom. The van der Waals surface area contributed by atoms with Gasteiger partial charge in [-0.3, -0.25) is 4.79 Å². The lowest BCUT2D eigenvalue weighted by molar-refractivity contribution is 0.0951. The van der Waals surface area contributed by atoms with Crippen LogP contribution in [0.25, 0.3) is 11.0 Å². The van der Waals surface area contributed by atoms with Crippen molar-refractivity contribution in [2.45, 2.75) is 6.54 Å². The molecule has 0 atom stereocenters. The van der Waals surface area contributed by atoms with Gasteiger partial charge in [0.25, 0.3) is 5.91 Å². The van der Waals surface area contributed by atoms with Crippen LogP contribution in [0.2, 0.25) is 0 Å². The number of nitrogens with zero attached hydrogens (tertiary/aromatic N) is 1. The van der Waals surface area contributed by atoms with Crippen molar-refractivity contribution in [1.82, 2.24) is 19.9 Å². The van der Waals surface area contributed by atoms with Crippen molar-refractivity contribution in [1.29, 1.82) is 0 Å². The Labute approximate surface area is 114 Å². The second-order valence-corrected chi connectivity index (χ2v) is 4.71. The minimum Gasteiger partial charge on any atom is -0.356 e. The fourth-order valence-corrected chi connectivity index (χ4v) is 2.11. The molecule has 0 fully saturated rings. The van der Waals surface area contributed by atoms with E-state index in [-0.39, 0.29) is 11.6 Å². The molecule has 6 nitrogen and oxygen atoms in total. The van der Waals surface area contributed by atoms with Crippen LogP contribution in [0.4, 0.5) is 0 Å². The van der Waals surface area contributed by atoms with E-state index >= 15 is 0 Å². The molecule has 0 saturated heterocycles. The first-order valence-electron chi connectivity index (χ1n) is 6.23. The Morgan fingerprint density at radius 2 is 2.05 bits per heavy atom. The average molecular weight is 270 g/mol. The first kappa shape index (κ1) is 12.3. The molecule has 2 aromatic heterocycles. The van der Waals surface area contributed by atoms with Gasteiger partial charge in [-0.25, -0.2) is 4.79 Å². The third-order valence-electron chi connectivity index (χ3n) is 3.13. The molecule has 0 aliphatic rings. The number of nitrogens with one attached hydrogen (secondary N) is 3. The number of fused-ring (bicyclic) bond motifs is 1. The molecule has 0 radical (unpaired) electrons. The maximum absolute atomic E-state index is 11.9. The molecule has 102 valence electrons. The number of amides is 1. The minimum absolute atomic E-state index is 0.117. The summed E-state index contributed by atoms with van der Waals surface area (Å²) in [6.45, 7) is 0.414. The van der Waals surface area contributed by atoms with Crippen LogP contribution in [0.1, 0.15) is 15.9 Å². The van der Waals surface area contributed by atoms with Crippen molar-refractivity contribution >= 4 is 16.9 Å². The Bertz CT molecular complexity index is 825. The van der Waals surface area contributed by atoms with Crippen molar-refractivity contribution in [2.75, 3.05) is 0 Å². The third kappa shape index (κ3) is 2.35. The summed E-state index contributed by atoms with van der Waals surface area (Å²) in [7, 11) is 1.87. The second kappa shape index (κ2) is 4.73. The minimum atomic E-state index is -0.231. The highest BCUT2D eigenvalue weighted by Gasteiger charge is 2.06. The van der Waals surface area contributed by atoms with E-state index in [9.17, 15) is 9.59 Å². The van der Waals surface area contributed by atoms with Crippen molar-refractivity contribution in [3.8, 4) is 0 Å². The number of imidazole rings is 1. The van der Waals surface area contributed by atoms with E-state index in [4.69, 9.17) is 0 Å². The van der Waals surface area contributed by atoms with Gasteiger partial charge in [0.05, 0.1) is 16.6 Å². The van der Waals surface area contributed by atoms with Gasteiger partial charge in [0, 0.05) is 26.0 Å². The summed E-state index contributed by atoms with van der Waals surface area (Å²) < 4.78 is 1.82. The number of aromatic amines is 2. The van der Waals surface area contributed by atoms with E-state index in [0.29, 0.717) is 12.1 Å². The number of H-pyrrole nitrogens is 2. The van der Waals surface area contributed by atoms with Gasteiger partial charge in [-0.1, -0.05) is 6.07 Å². The molecular weight excluding hydrogens is 256 g/mol. The van der Waals surface area contributed by atoms with Crippen molar-refractivity contribution in [3.63, 3.8) is 0 Å². The fourth-order valence-electron chi connectivity index (χ4n) is 2.11. The van der Waals surface area contributed by atoms with Crippen LogP contribution in [0, 0.1) is 0 Å². The predicted octanol–water partition coefficient (Wildman–Crippen LogP) is 1.12. The van der Waals surface area contributed by atoms with Crippen LogP contribution in [-0.2, 0) is 13.6 Å². The number of hydrogen-bond acceptors (Lipinski definition) is 2. The second-order valence-electron chi connectivity index (χ2n) is 4.71. The molecular formula is C14H14N4O2. The van der Waals surface area contributed by atoms with Gasteiger partial charge in [0.2, 0.25) is 0 Å². The molecule has 0 bridgehead atoms. The zero-order valence-electron chi connectivity index (χ0n) is 10.9. The number of hydrogen-bond donors (Lipinski definition) is 3. The van der Waals surface area contributed by atoms with E-state index in [2.05, 4.69) is 15.3 Å². The number of rotatable bonds is 3. The highest BCUT2D eigenvalue weighted by atomic mass is 16.1. The van der Waals surface area contributed by atoms with Gasteiger partial charge >= 0.3 is 5.69 Å². The van der Waals surface area contributed by atoms with E-state index in [1.165, 1.54) is 0 Å². The Hall–Kier alpha value is -2.76. The Balaban J connectivity index is 1.73. The van der Waals surface area contributed by atoms with Gasteiger partial charge in [-0.05, 0) is 23.8 Å². The Morgan fingerprint density at radius 1 is 1.25 bits per heavy atom. The number of carbonyl (C=O) groups is 1. The molecule has 2 heterocycles. The van der Waals surface area contributed by atoms with Gasteiger partial charge < -0.3 is 19.9 Å². The molecule has 6 heteroatoms. The topological polar surface area (TPSA) is 82.7 Å². The van der Waals surface area contributed by atoms with E-state index in [0.717, 1.165) is 16.6 Å². The van der Waals surface area contributed by atoms with Crippen molar-refractivity contribution in [3.05, 3.63) is 58.3 Å². The van der Waals surface area contributed by atoms with E-state index < -0.39 is 0 Å². The molecule has 3 N–H and O–H groups in total. The monoisotopic (exact) mass is 270 g/mol.